The Morgan fingerprint density at radius 1 is 1.20 bits per heavy atom. The van der Waals surface area contributed by atoms with E-state index in [2.05, 4.69) is 38.2 Å². The summed E-state index contributed by atoms with van der Waals surface area (Å²) >= 11 is 0. The SMILES string of the molecule is CCNCCc1ccc(OC)c(C)c1C. The van der Waals surface area contributed by atoms with Gasteiger partial charge in [-0.2, -0.15) is 0 Å². The number of methoxy groups -OCH3 is 1. The molecule has 1 aromatic carbocycles. The van der Waals surface area contributed by atoms with Crippen molar-refractivity contribution in [1.82, 2.24) is 5.32 Å². The molecule has 1 aromatic rings. The van der Waals surface area contributed by atoms with Crippen molar-refractivity contribution in [3.8, 4) is 5.75 Å². The van der Waals surface area contributed by atoms with Gasteiger partial charge in [0.2, 0.25) is 0 Å². The van der Waals surface area contributed by atoms with Gasteiger partial charge in [0.05, 0.1) is 7.11 Å². The molecule has 1 rings (SSSR count). The van der Waals surface area contributed by atoms with Crippen LogP contribution in [-0.4, -0.2) is 20.2 Å². The molecule has 0 aliphatic carbocycles. The highest BCUT2D eigenvalue weighted by atomic mass is 16.5. The van der Waals surface area contributed by atoms with Crippen LogP contribution >= 0.6 is 0 Å². The second-order valence-corrected chi connectivity index (χ2v) is 3.78. The van der Waals surface area contributed by atoms with Crippen LogP contribution in [0.2, 0.25) is 0 Å². The van der Waals surface area contributed by atoms with Gasteiger partial charge in [0.15, 0.2) is 0 Å². The molecule has 0 saturated heterocycles. The van der Waals surface area contributed by atoms with Crippen molar-refractivity contribution >= 4 is 0 Å². The maximum atomic E-state index is 5.29. The number of ether oxygens (including phenoxy) is 1. The summed E-state index contributed by atoms with van der Waals surface area (Å²) in [4.78, 5) is 0. The van der Waals surface area contributed by atoms with Crippen LogP contribution in [0.1, 0.15) is 23.6 Å². The zero-order valence-electron chi connectivity index (χ0n) is 10.2. The van der Waals surface area contributed by atoms with E-state index in [1.807, 2.05) is 0 Å². The van der Waals surface area contributed by atoms with E-state index in [1.165, 1.54) is 16.7 Å². The average Bonchev–Trinajstić information content (AvgIpc) is 2.25. The Morgan fingerprint density at radius 3 is 2.53 bits per heavy atom. The van der Waals surface area contributed by atoms with Crippen LogP contribution in [0.3, 0.4) is 0 Å². The molecule has 84 valence electrons. The summed E-state index contributed by atoms with van der Waals surface area (Å²) < 4.78 is 5.29. The third-order valence-corrected chi connectivity index (χ3v) is 2.89. The molecule has 2 nitrogen and oxygen atoms in total. The Balaban J connectivity index is 2.77. The maximum absolute atomic E-state index is 5.29. The molecule has 0 radical (unpaired) electrons. The van der Waals surface area contributed by atoms with E-state index in [9.17, 15) is 0 Å². The lowest BCUT2D eigenvalue weighted by Gasteiger charge is -2.12. The highest BCUT2D eigenvalue weighted by molar-refractivity contribution is 5.43. The lowest BCUT2D eigenvalue weighted by atomic mass is 10.00. The Hall–Kier alpha value is -1.02. The summed E-state index contributed by atoms with van der Waals surface area (Å²) in [5.41, 5.74) is 4.02. The van der Waals surface area contributed by atoms with Crippen molar-refractivity contribution in [2.45, 2.75) is 27.2 Å². The van der Waals surface area contributed by atoms with E-state index in [4.69, 9.17) is 4.74 Å². The molecular weight excluding hydrogens is 186 g/mol. The van der Waals surface area contributed by atoms with E-state index < -0.39 is 0 Å². The molecule has 0 heterocycles. The number of hydrogen-bond donors (Lipinski definition) is 1. The maximum Gasteiger partial charge on any atom is 0.122 e. The Kier molecular flexibility index (Phi) is 4.63. The second-order valence-electron chi connectivity index (χ2n) is 3.78. The molecule has 0 saturated carbocycles. The zero-order chi connectivity index (χ0) is 11.3. The van der Waals surface area contributed by atoms with Crippen molar-refractivity contribution in [3.63, 3.8) is 0 Å². The van der Waals surface area contributed by atoms with Crippen LogP contribution in [0.5, 0.6) is 5.75 Å². The molecule has 0 aliphatic heterocycles. The van der Waals surface area contributed by atoms with Gasteiger partial charge < -0.3 is 10.1 Å². The summed E-state index contributed by atoms with van der Waals surface area (Å²) in [6.45, 7) is 8.49. The van der Waals surface area contributed by atoms with Gasteiger partial charge in [0, 0.05) is 0 Å². The predicted molar refractivity (Wildman–Crippen MR) is 64.7 cm³/mol. The quantitative estimate of drug-likeness (QED) is 0.749. The highest BCUT2D eigenvalue weighted by Crippen LogP contribution is 2.23. The molecule has 0 aromatic heterocycles. The topological polar surface area (TPSA) is 21.3 Å². The molecule has 0 amide bonds. The third kappa shape index (κ3) is 2.96. The molecule has 0 atom stereocenters. The first-order chi connectivity index (χ1) is 7.20. The smallest absolute Gasteiger partial charge is 0.122 e. The predicted octanol–water partition coefficient (Wildman–Crippen LogP) is 2.46. The minimum Gasteiger partial charge on any atom is -0.496 e. The molecule has 0 unspecified atom stereocenters. The minimum absolute atomic E-state index is 0.986. The molecule has 0 bridgehead atoms. The van der Waals surface area contributed by atoms with Gasteiger partial charge in [0.25, 0.3) is 0 Å². The van der Waals surface area contributed by atoms with Crippen LogP contribution < -0.4 is 10.1 Å². The molecule has 15 heavy (non-hydrogen) atoms. The van der Waals surface area contributed by atoms with Crippen molar-refractivity contribution in [3.05, 3.63) is 28.8 Å². The fraction of sp³-hybridized carbons (Fsp3) is 0.538. The third-order valence-electron chi connectivity index (χ3n) is 2.89. The second kappa shape index (κ2) is 5.76. The normalized spacial score (nSPS) is 10.4. The van der Waals surface area contributed by atoms with Gasteiger partial charge in [-0.3, -0.25) is 0 Å². The summed E-state index contributed by atoms with van der Waals surface area (Å²) in [5.74, 6) is 0.986. The van der Waals surface area contributed by atoms with E-state index in [-0.39, 0.29) is 0 Å². The lowest BCUT2D eigenvalue weighted by Crippen LogP contribution is -2.16. The first kappa shape index (κ1) is 12.1. The Labute approximate surface area is 92.6 Å². The van der Waals surface area contributed by atoms with Gasteiger partial charge in [0.1, 0.15) is 5.75 Å². The van der Waals surface area contributed by atoms with Crippen molar-refractivity contribution in [2.75, 3.05) is 20.2 Å². The van der Waals surface area contributed by atoms with Gasteiger partial charge in [-0.25, -0.2) is 0 Å². The van der Waals surface area contributed by atoms with Crippen molar-refractivity contribution in [1.29, 1.82) is 0 Å². The minimum atomic E-state index is 0.986. The van der Waals surface area contributed by atoms with Gasteiger partial charge in [-0.05, 0) is 56.1 Å². The number of benzene rings is 1. The van der Waals surface area contributed by atoms with Crippen LogP contribution in [0.25, 0.3) is 0 Å². The van der Waals surface area contributed by atoms with Crippen LogP contribution in [-0.2, 0) is 6.42 Å². The fourth-order valence-electron chi connectivity index (χ4n) is 1.74. The van der Waals surface area contributed by atoms with Gasteiger partial charge in [-0.1, -0.05) is 13.0 Å². The van der Waals surface area contributed by atoms with Gasteiger partial charge >= 0.3 is 0 Å². The lowest BCUT2D eigenvalue weighted by molar-refractivity contribution is 0.411. The average molecular weight is 207 g/mol. The van der Waals surface area contributed by atoms with Crippen LogP contribution in [0, 0.1) is 13.8 Å². The largest absolute Gasteiger partial charge is 0.496 e. The Morgan fingerprint density at radius 2 is 1.93 bits per heavy atom. The first-order valence-corrected chi connectivity index (χ1v) is 5.54. The number of nitrogens with one attached hydrogen (secondary N) is 1. The van der Waals surface area contributed by atoms with E-state index in [1.54, 1.807) is 7.11 Å². The highest BCUT2D eigenvalue weighted by Gasteiger charge is 2.05. The summed E-state index contributed by atoms with van der Waals surface area (Å²) in [6.07, 6.45) is 1.09. The van der Waals surface area contributed by atoms with Crippen molar-refractivity contribution < 1.29 is 4.74 Å². The van der Waals surface area contributed by atoms with Gasteiger partial charge in [-0.15, -0.1) is 0 Å². The summed E-state index contributed by atoms with van der Waals surface area (Å²) in [5, 5.41) is 3.34. The van der Waals surface area contributed by atoms with Crippen molar-refractivity contribution in [2.24, 2.45) is 0 Å². The summed E-state index contributed by atoms with van der Waals surface area (Å²) in [6, 6.07) is 4.22. The standard InChI is InChI=1S/C13H21NO/c1-5-14-9-8-12-6-7-13(15-4)11(3)10(12)2/h6-7,14H,5,8-9H2,1-4H3. The molecule has 0 spiro atoms. The zero-order valence-corrected chi connectivity index (χ0v) is 10.2. The molecular formula is C13H21NO. The van der Waals surface area contributed by atoms with E-state index in [0.29, 0.717) is 0 Å². The van der Waals surface area contributed by atoms with Crippen LogP contribution in [0.4, 0.5) is 0 Å². The van der Waals surface area contributed by atoms with E-state index in [0.717, 1.165) is 25.3 Å². The monoisotopic (exact) mass is 207 g/mol. The molecule has 2 heteroatoms. The Bertz CT molecular complexity index is 321. The molecule has 0 aliphatic rings. The van der Waals surface area contributed by atoms with E-state index >= 15 is 0 Å². The number of rotatable bonds is 5. The first-order valence-electron chi connectivity index (χ1n) is 5.54. The summed E-state index contributed by atoms with van der Waals surface area (Å²) in [7, 11) is 1.72. The number of likely N-dealkylation sites (N-methyl/N-ethyl adjacent to an activating group) is 1. The molecule has 1 N–H and O–H groups in total. The fourth-order valence-corrected chi connectivity index (χ4v) is 1.74. The molecule has 0 fully saturated rings. The number of hydrogen-bond acceptors (Lipinski definition) is 2. The van der Waals surface area contributed by atoms with Crippen LogP contribution in [0.15, 0.2) is 12.1 Å².